The molecule has 118 valence electrons. The van der Waals surface area contributed by atoms with Crippen LogP contribution in [-0.4, -0.2) is 13.2 Å². The lowest BCUT2D eigenvalue weighted by atomic mass is 9.58. The quantitative estimate of drug-likeness (QED) is 0.805. The molecule has 2 N–H and O–H groups in total. The SMILES string of the molecule is N#CC1=C(N)C(C#N)(C#N)C(c2ccc(Br)cc2)C2COCC=C12. The summed E-state index contributed by atoms with van der Waals surface area (Å²) in [7, 11) is 0. The number of nitrogens with two attached hydrogens (primary N) is 1. The molecular weight excluding hydrogens is 368 g/mol. The van der Waals surface area contributed by atoms with Crippen molar-refractivity contribution in [3.63, 3.8) is 0 Å². The first-order chi connectivity index (χ1) is 11.6. The third-order valence-electron chi connectivity index (χ3n) is 4.66. The molecular formula is C18H13BrN4O. The van der Waals surface area contributed by atoms with Crippen molar-refractivity contribution in [2.75, 3.05) is 13.2 Å². The van der Waals surface area contributed by atoms with Crippen LogP contribution in [0.2, 0.25) is 0 Å². The van der Waals surface area contributed by atoms with Crippen LogP contribution in [0.15, 0.2) is 51.7 Å². The Hall–Kier alpha value is -2.59. The standard InChI is InChI=1S/C18H13BrN4O/c19-12-3-1-11(2-4-12)16-15-8-24-6-5-13(15)14(7-20)17(23)18(16,9-21)10-22/h1-5,15-16H,6,8,23H2. The first-order valence-electron chi connectivity index (χ1n) is 7.35. The van der Waals surface area contributed by atoms with Crippen molar-refractivity contribution in [3.8, 4) is 18.2 Å². The van der Waals surface area contributed by atoms with Crippen LogP contribution in [0, 0.1) is 45.3 Å². The summed E-state index contributed by atoms with van der Waals surface area (Å²) < 4.78 is 6.45. The molecule has 24 heavy (non-hydrogen) atoms. The smallest absolute Gasteiger partial charge is 0.191 e. The van der Waals surface area contributed by atoms with E-state index in [1.807, 2.05) is 30.3 Å². The van der Waals surface area contributed by atoms with E-state index in [1.165, 1.54) is 0 Å². The summed E-state index contributed by atoms with van der Waals surface area (Å²) in [6.45, 7) is 0.736. The summed E-state index contributed by atoms with van der Waals surface area (Å²) in [5, 5.41) is 29.2. The van der Waals surface area contributed by atoms with E-state index < -0.39 is 11.3 Å². The van der Waals surface area contributed by atoms with Crippen LogP contribution in [0.5, 0.6) is 0 Å². The predicted octanol–water partition coefficient (Wildman–Crippen LogP) is 2.89. The monoisotopic (exact) mass is 380 g/mol. The molecule has 2 atom stereocenters. The van der Waals surface area contributed by atoms with E-state index in [4.69, 9.17) is 10.5 Å². The maximum atomic E-state index is 9.84. The Labute approximate surface area is 148 Å². The van der Waals surface area contributed by atoms with Crippen molar-refractivity contribution in [2.45, 2.75) is 5.92 Å². The number of allylic oxidation sites excluding steroid dienone is 2. The Morgan fingerprint density at radius 2 is 1.83 bits per heavy atom. The van der Waals surface area contributed by atoms with Crippen LogP contribution in [-0.2, 0) is 4.74 Å². The third-order valence-corrected chi connectivity index (χ3v) is 5.19. The Morgan fingerprint density at radius 1 is 1.17 bits per heavy atom. The third kappa shape index (κ3) is 2.22. The Bertz CT molecular complexity index is 850. The first-order valence-corrected chi connectivity index (χ1v) is 8.14. The van der Waals surface area contributed by atoms with Gasteiger partial charge in [-0.2, -0.15) is 15.8 Å². The molecule has 0 bridgehead atoms. The highest BCUT2D eigenvalue weighted by atomic mass is 79.9. The van der Waals surface area contributed by atoms with Crippen LogP contribution >= 0.6 is 15.9 Å². The summed E-state index contributed by atoms with van der Waals surface area (Å²) in [4.78, 5) is 0. The van der Waals surface area contributed by atoms with Gasteiger partial charge in [-0.15, -0.1) is 0 Å². The van der Waals surface area contributed by atoms with Gasteiger partial charge in [0, 0.05) is 16.3 Å². The molecule has 1 aromatic rings. The second-order valence-electron chi connectivity index (χ2n) is 5.76. The van der Waals surface area contributed by atoms with Crippen molar-refractivity contribution in [3.05, 3.63) is 57.2 Å². The van der Waals surface area contributed by atoms with Gasteiger partial charge in [0.15, 0.2) is 5.41 Å². The summed E-state index contributed by atoms with van der Waals surface area (Å²) >= 11 is 3.39. The van der Waals surface area contributed by atoms with Crippen LogP contribution in [0.4, 0.5) is 0 Å². The van der Waals surface area contributed by atoms with Gasteiger partial charge in [-0.3, -0.25) is 0 Å². The second kappa shape index (κ2) is 6.13. The predicted molar refractivity (Wildman–Crippen MR) is 89.8 cm³/mol. The zero-order valence-corrected chi connectivity index (χ0v) is 14.2. The summed E-state index contributed by atoms with van der Waals surface area (Å²) in [5.41, 5.74) is 6.45. The number of halogens is 1. The van der Waals surface area contributed by atoms with Crippen molar-refractivity contribution in [1.82, 2.24) is 0 Å². The molecule has 0 aromatic heterocycles. The second-order valence-corrected chi connectivity index (χ2v) is 6.68. The number of benzene rings is 1. The number of hydrogen-bond acceptors (Lipinski definition) is 5. The molecule has 2 unspecified atom stereocenters. The van der Waals surface area contributed by atoms with Crippen molar-refractivity contribution in [2.24, 2.45) is 17.1 Å². The number of hydrogen-bond donors (Lipinski definition) is 1. The maximum absolute atomic E-state index is 9.84. The van der Waals surface area contributed by atoms with Crippen LogP contribution < -0.4 is 5.73 Å². The molecule has 2 aliphatic rings. The number of rotatable bonds is 1. The summed E-state index contributed by atoms with van der Waals surface area (Å²) in [5.74, 6) is -0.759. The Kier molecular flexibility index (Phi) is 4.16. The minimum atomic E-state index is -1.60. The van der Waals surface area contributed by atoms with Crippen LogP contribution in [0.3, 0.4) is 0 Å². The van der Waals surface area contributed by atoms with Crippen molar-refractivity contribution >= 4 is 15.9 Å². The molecule has 1 aromatic carbocycles. The van der Waals surface area contributed by atoms with Gasteiger partial charge in [0.2, 0.25) is 0 Å². The largest absolute Gasteiger partial charge is 0.399 e. The summed E-state index contributed by atoms with van der Waals surface area (Å²) in [6.07, 6.45) is 1.82. The average molecular weight is 381 g/mol. The zero-order chi connectivity index (χ0) is 17.3. The molecule has 5 nitrogen and oxygen atoms in total. The van der Waals surface area contributed by atoms with Gasteiger partial charge in [0.1, 0.15) is 6.07 Å². The van der Waals surface area contributed by atoms with E-state index >= 15 is 0 Å². The Balaban J connectivity index is 2.31. The molecule has 0 saturated carbocycles. The summed E-state index contributed by atoms with van der Waals surface area (Å²) in [6, 6.07) is 13.7. The van der Waals surface area contributed by atoms with E-state index in [2.05, 4.69) is 34.1 Å². The lowest BCUT2D eigenvalue weighted by Gasteiger charge is -2.43. The minimum Gasteiger partial charge on any atom is -0.399 e. The van der Waals surface area contributed by atoms with Gasteiger partial charge in [0.05, 0.1) is 36.6 Å². The molecule has 0 spiro atoms. The average Bonchev–Trinajstić information content (AvgIpc) is 2.62. The van der Waals surface area contributed by atoms with Gasteiger partial charge in [-0.05, 0) is 23.3 Å². The van der Waals surface area contributed by atoms with Crippen molar-refractivity contribution in [1.29, 1.82) is 15.8 Å². The lowest BCUT2D eigenvalue weighted by molar-refractivity contribution is 0.0979. The highest BCUT2D eigenvalue weighted by molar-refractivity contribution is 9.10. The van der Waals surface area contributed by atoms with E-state index in [0.717, 1.165) is 15.6 Å². The van der Waals surface area contributed by atoms with Gasteiger partial charge in [0.25, 0.3) is 0 Å². The molecule has 0 saturated heterocycles. The number of fused-ring (bicyclic) bond motifs is 1. The molecule has 6 heteroatoms. The number of ether oxygens (including phenoxy) is 1. The first kappa shape index (κ1) is 16.3. The fourth-order valence-electron chi connectivity index (χ4n) is 3.53. The molecule has 0 radical (unpaired) electrons. The molecule has 1 aliphatic heterocycles. The maximum Gasteiger partial charge on any atom is 0.191 e. The normalized spacial score (nSPS) is 24.8. The van der Waals surface area contributed by atoms with Crippen LogP contribution in [0.25, 0.3) is 0 Å². The molecule has 0 amide bonds. The van der Waals surface area contributed by atoms with E-state index in [0.29, 0.717) is 13.2 Å². The number of nitriles is 3. The van der Waals surface area contributed by atoms with Crippen LogP contribution in [0.1, 0.15) is 11.5 Å². The highest BCUT2D eigenvalue weighted by Gasteiger charge is 2.54. The zero-order valence-electron chi connectivity index (χ0n) is 12.7. The molecule has 0 fully saturated rings. The van der Waals surface area contributed by atoms with Gasteiger partial charge in [-0.1, -0.05) is 34.1 Å². The number of nitrogens with zero attached hydrogens (tertiary/aromatic N) is 3. The Morgan fingerprint density at radius 3 is 2.42 bits per heavy atom. The molecule has 1 heterocycles. The lowest BCUT2D eigenvalue weighted by Crippen LogP contribution is -2.44. The van der Waals surface area contributed by atoms with E-state index in [1.54, 1.807) is 0 Å². The highest BCUT2D eigenvalue weighted by Crippen LogP contribution is 2.53. The molecule has 1 aliphatic carbocycles. The van der Waals surface area contributed by atoms with Crippen molar-refractivity contribution < 1.29 is 4.74 Å². The van der Waals surface area contributed by atoms with Gasteiger partial charge < -0.3 is 10.5 Å². The van der Waals surface area contributed by atoms with E-state index in [-0.39, 0.29) is 17.2 Å². The fourth-order valence-corrected chi connectivity index (χ4v) is 3.80. The van der Waals surface area contributed by atoms with Gasteiger partial charge in [-0.25, -0.2) is 0 Å². The van der Waals surface area contributed by atoms with E-state index in [9.17, 15) is 15.8 Å². The minimum absolute atomic E-state index is 0.0346. The fraction of sp³-hybridized carbons (Fsp3) is 0.278. The van der Waals surface area contributed by atoms with Gasteiger partial charge >= 0.3 is 0 Å². The molecule has 3 rings (SSSR count). The topological polar surface area (TPSA) is 107 Å².